The molecule has 5 heteroatoms. The highest BCUT2D eigenvalue weighted by atomic mass is 16.5. The fraction of sp³-hybridized carbons (Fsp3) is 0.333. The number of ether oxygens (including phenoxy) is 1. The van der Waals surface area contributed by atoms with E-state index in [1.54, 1.807) is 19.3 Å². The zero-order valence-electron chi connectivity index (χ0n) is 16.0. The van der Waals surface area contributed by atoms with E-state index in [0.29, 0.717) is 12.3 Å². The van der Waals surface area contributed by atoms with Crippen LogP contribution in [0.1, 0.15) is 35.5 Å². The number of nitrogens with one attached hydrogen (secondary N) is 1. The summed E-state index contributed by atoms with van der Waals surface area (Å²) in [6.07, 6.45) is 1.64. The first kappa shape index (κ1) is 19.5. The minimum atomic E-state index is -0.409. The highest BCUT2D eigenvalue weighted by molar-refractivity contribution is 6.09. The average molecular weight is 351 g/mol. The minimum Gasteiger partial charge on any atom is -0.383 e. The van der Waals surface area contributed by atoms with E-state index in [1.807, 2.05) is 51.1 Å². The Morgan fingerprint density at radius 1 is 1.35 bits per heavy atom. The Kier molecular flexibility index (Phi) is 6.37. The van der Waals surface area contributed by atoms with Crippen molar-refractivity contribution < 1.29 is 9.53 Å². The third-order valence-electron chi connectivity index (χ3n) is 4.31. The maximum absolute atomic E-state index is 12.5. The van der Waals surface area contributed by atoms with E-state index >= 15 is 0 Å². The number of carbonyl (C=O) groups excluding carboxylic acids is 1. The number of nitrogens with zero attached hydrogens (tertiary/aromatic N) is 2. The van der Waals surface area contributed by atoms with Crippen LogP contribution in [0.5, 0.6) is 0 Å². The maximum Gasteiger partial charge on any atom is 0.266 e. The lowest BCUT2D eigenvalue weighted by atomic mass is 10.1. The normalized spacial score (nSPS) is 12.5. The fourth-order valence-corrected chi connectivity index (χ4v) is 3.17. The number of anilines is 1. The topological polar surface area (TPSA) is 67.0 Å². The summed E-state index contributed by atoms with van der Waals surface area (Å²) in [6.45, 7) is 8.62. The summed E-state index contributed by atoms with van der Waals surface area (Å²) in [7, 11) is 1.68. The molecular weight excluding hydrogens is 326 g/mol. The van der Waals surface area contributed by atoms with Gasteiger partial charge in [0, 0.05) is 24.2 Å². The lowest BCUT2D eigenvalue weighted by Gasteiger charge is -2.17. The van der Waals surface area contributed by atoms with Gasteiger partial charge in [-0.25, -0.2) is 0 Å². The van der Waals surface area contributed by atoms with Crippen LogP contribution in [0.3, 0.4) is 0 Å². The molecule has 0 bridgehead atoms. The van der Waals surface area contributed by atoms with Crippen LogP contribution in [0.4, 0.5) is 5.69 Å². The molecule has 1 amide bonds. The molecule has 1 N–H and O–H groups in total. The number of benzene rings is 1. The van der Waals surface area contributed by atoms with Crippen LogP contribution in [0.2, 0.25) is 0 Å². The molecule has 1 unspecified atom stereocenters. The number of aromatic nitrogens is 1. The monoisotopic (exact) mass is 351 g/mol. The van der Waals surface area contributed by atoms with E-state index in [4.69, 9.17) is 4.74 Å². The summed E-state index contributed by atoms with van der Waals surface area (Å²) in [5.41, 5.74) is 4.72. The van der Waals surface area contributed by atoms with Gasteiger partial charge in [0.2, 0.25) is 0 Å². The average Bonchev–Trinajstić information content (AvgIpc) is 2.86. The van der Waals surface area contributed by atoms with Gasteiger partial charge >= 0.3 is 0 Å². The number of hydrogen-bond donors (Lipinski definition) is 1. The highest BCUT2D eigenvalue weighted by Gasteiger charge is 2.16. The van der Waals surface area contributed by atoms with Crippen molar-refractivity contribution in [1.29, 1.82) is 5.26 Å². The lowest BCUT2D eigenvalue weighted by molar-refractivity contribution is -0.112. The van der Waals surface area contributed by atoms with Crippen LogP contribution in [0.25, 0.3) is 6.08 Å². The van der Waals surface area contributed by atoms with Crippen molar-refractivity contribution in [3.63, 3.8) is 0 Å². The summed E-state index contributed by atoms with van der Waals surface area (Å²) in [5, 5.41) is 12.2. The minimum absolute atomic E-state index is 0.0751. The third kappa shape index (κ3) is 4.41. The molecule has 0 saturated heterocycles. The van der Waals surface area contributed by atoms with Crippen LogP contribution in [0.15, 0.2) is 35.9 Å². The first-order valence-electron chi connectivity index (χ1n) is 8.54. The van der Waals surface area contributed by atoms with Gasteiger partial charge in [0.1, 0.15) is 11.6 Å². The van der Waals surface area contributed by atoms with Crippen LogP contribution in [-0.4, -0.2) is 24.2 Å². The third-order valence-corrected chi connectivity index (χ3v) is 4.31. The first-order valence-corrected chi connectivity index (χ1v) is 8.54. The Balaban J connectivity index is 2.30. The standard InChI is InChI=1S/C21H25N3O2/c1-14-7-6-8-20(9-14)23-21(25)19(12-22)11-18-10-15(2)24(17(18)4)16(3)13-26-5/h6-11,16H,13H2,1-5H3,(H,23,25)/b19-11+. The van der Waals surface area contributed by atoms with Crippen LogP contribution in [0, 0.1) is 32.1 Å². The zero-order valence-corrected chi connectivity index (χ0v) is 16.0. The molecule has 0 spiro atoms. The molecule has 5 nitrogen and oxygen atoms in total. The Bertz CT molecular complexity index is 872. The largest absolute Gasteiger partial charge is 0.383 e. The van der Waals surface area contributed by atoms with Crippen molar-refractivity contribution in [3.05, 3.63) is 58.4 Å². The van der Waals surface area contributed by atoms with Gasteiger partial charge in [0.15, 0.2) is 0 Å². The van der Waals surface area contributed by atoms with Crippen molar-refractivity contribution in [2.45, 2.75) is 33.7 Å². The van der Waals surface area contributed by atoms with Gasteiger partial charge in [-0.15, -0.1) is 0 Å². The van der Waals surface area contributed by atoms with Crippen molar-refractivity contribution in [2.24, 2.45) is 0 Å². The summed E-state index contributed by atoms with van der Waals surface area (Å²) in [5.74, 6) is -0.409. The summed E-state index contributed by atoms with van der Waals surface area (Å²) in [6, 6.07) is 11.7. The predicted molar refractivity (Wildman–Crippen MR) is 104 cm³/mol. The highest BCUT2D eigenvalue weighted by Crippen LogP contribution is 2.23. The fourth-order valence-electron chi connectivity index (χ4n) is 3.17. The second-order valence-electron chi connectivity index (χ2n) is 6.49. The lowest BCUT2D eigenvalue weighted by Crippen LogP contribution is -2.14. The molecule has 1 aromatic heterocycles. The Labute approximate surface area is 154 Å². The van der Waals surface area contributed by atoms with E-state index in [1.165, 1.54) is 0 Å². The number of amides is 1. The maximum atomic E-state index is 12.5. The number of aryl methyl sites for hydroxylation is 2. The predicted octanol–water partition coefficient (Wildman–Crippen LogP) is 4.17. The second kappa shape index (κ2) is 8.50. The molecule has 0 saturated carbocycles. The van der Waals surface area contributed by atoms with Crippen molar-refractivity contribution in [3.8, 4) is 6.07 Å². The first-order chi connectivity index (χ1) is 12.4. The van der Waals surface area contributed by atoms with Gasteiger partial charge in [-0.3, -0.25) is 4.79 Å². The molecule has 1 aromatic carbocycles. The second-order valence-corrected chi connectivity index (χ2v) is 6.49. The zero-order chi connectivity index (χ0) is 19.3. The summed E-state index contributed by atoms with van der Waals surface area (Å²) < 4.78 is 7.40. The molecule has 2 rings (SSSR count). The van der Waals surface area contributed by atoms with Gasteiger partial charge in [-0.2, -0.15) is 5.26 Å². The number of methoxy groups -OCH3 is 1. The molecule has 136 valence electrons. The van der Waals surface area contributed by atoms with E-state index < -0.39 is 5.91 Å². The van der Waals surface area contributed by atoms with E-state index in [0.717, 1.165) is 22.5 Å². The van der Waals surface area contributed by atoms with E-state index in [-0.39, 0.29) is 11.6 Å². The molecule has 0 aliphatic heterocycles. The van der Waals surface area contributed by atoms with Crippen LogP contribution >= 0.6 is 0 Å². The van der Waals surface area contributed by atoms with Crippen molar-refractivity contribution in [2.75, 3.05) is 19.0 Å². The van der Waals surface area contributed by atoms with Gasteiger partial charge in [-0.05, 0) is 63.1 Å². The Morgan fingerprint density at radius 3 is 2.69 bits per heavy atom. The molecule has 1 heterocycles. The number of carbonyl (C=O) groups is 1. The van der Waals surface area contributed by atoms with Gasteiger partial charge < -0.3 is 14.6 Å². The van der Waals surface area contributed by atoms with E-state index in [2.05, 4.69) is 16.8 Å². The SMILES string of the molecule is COCC(C)n1c(C)cc(/C=C(\C#N)C(=O)Nc2cccc(C)c2)c1C. The summed E-state index contributed by atoms with van der Waals surface area (Å²) in [4.78, 5) is 12.5. The van der Waals surface area contributed by atoms with Crippen molar-refractivity contribution >= 4 is 17.7 Å². The Morgan fingerprint density at radius 2 is 2.08 bits per heavy atom. The number of nitriles is 1. The molecule has 1 atom stereocenters. The van der Waals surface area contributed by atoms with Crippen LogP contribution in [-0.2, 0) is 9.53 Å². The van der Waals surface area contributed by atoms with Gasteiger partial charge in [0.25, 0.3) is 5.91 Å². The molecule has 26 heavy (non-hydrogen) atoms. The van der Waals surface area contributed by atoms with Gasteiger partial charge in [0.05, 0.1) is 12.6 Å². The van der Waals surface area contributed by atoms with Crippen LogP contribution < -0.4 is 5.32 Å². The number of hydrogen-bond acceptors (Lipinski definition) is 3. The molecule has 2 aromatic rings. The Hall–Kier alpha value is -2.84. The molecule has 0 aliphatic rings. The van der Waals surface area contributed by atoms with Crippen molar-refractivity contribution in [1.82, 2.24) is 4.57 Å². The molecule has 0 aliphatic carbocycles. The smallest absolute Gasteiger partial charge is 0.266 e. The number of rotatable bonds is 6. The summed E-state index contributed by atoms with van der Waals surface area (Å²) >= 11 is 0. The van der Waals surface area contributed by atoms with E-state index in [9.17, 15) is 10.1 Å². The molecular formula is C21H25N3O2. The molecule has 0 fully saturated rings. The quantitative estimate of drug-likeness (QED) is 0.627. The molecule has 0 radical (unpaired) electrons. The van der Waals surface area contributed by atoms with Gasteiger partial charge in [-0.1, -0.05) is 12.1 Å².